The number of aliphatic hydroxyl groups is 1. The predicted octanol–water partition coefficient (Wildman–Crippen LogP) is -0.0566. The summed E-state index contributed by atoms with van der Waals surface area (Å²) in [6, 6.07) is 5.65. The molecule has 1 fully saturated rings. The second-order valence-corrected chi connectivity index (χ2v) is 6.79. The molecule has 0 bridgehead atoms. The van der Waals surface area contributed by atoms with Gasteiger partial charge in [0.15, 0.2) is 0 Å². The van der Waals surface area contributed by atoms with E-state index >= 15 is 0 Å². The Morgan fingerprint density at radius 2 is 2.00 bits per heavy atom. The lowest BCUT2D eigenvalue weighted by atomic mass is 10.0. The number of primary amides is 1. The summed E-state index contributed by atoms with van der Waals surface area (Å²) in [4.78, 5) is 37.0. The summed E-state index contributed by atoms with van der Waals surface area (Å²) in [7, 11) is 0. The van der Waals surface area contributed by atoms with E-state index in [-0.39, 0.29) is 25.3 Å². The molecular formula is C16H20BrN3O4. The summed E-state index contributed by atoms with van der Waals surface area (Å²) < 4.78 is 0.906. The van der Waals surface area contributed by atoms with Gasteiger partial charge in [-0.1, -0.05) is 28.1 Å². The Morgan fingerprint density at radius 3 is 2.54 bits per heavy atom. The van der Waals surface area contributed by atoms with Crippen LogP contribution in [0, 0.1) is 0 Å². The van der Waals surface area contributed by atoms with E-state index in [0.717, 1.165) is 10.0 Å². The van der Waals surface area contributed by atoms with Crippen molar-refractivity contribution in [3.8, 4) is 0 Å². The van der Waals surface area contributed by atoms with Crippen LogP contribution in [0.4, 0.5) is 0 Å². The van der Waals surface area contributed by atoms with Crippen LogP contribution in [0.2, 0.25) is 0 Å². The van der Waals surface area contributed by atoms with Crippen molar-refractivity contribution in [2.75, 3.05) is 6.54 Å². The number of aliphatic hydroxyl groups excluding tert-OH is 1. The molecule has 1 aromatic carbocycles. The first-order valence-corrected chi connectivity index (χ1v) is 8.36. The zero-order chi connectivity index (χ0) is 17.9. The van der Waals surface area contributed by atoms with E-state index in [9.17, 15) is 19.5 Å². The number of likely N-dealkylation sites (tertiary alicyclic amines) is 1. The monoisotopic (exact) mass is 397 g/mol. The van der Waals surface area contributed by atoms with Crippen LogP contribution in [0.3, 0.4) is 0 Å². The molecule has 0 aromatic heterocycles. The number of hydrogen-bond acceptors (Lipinski definition) is 4. The Labute approximate surface area is 148 Å². The number of carbonyl (C=O) groups excluding carboxylic acids is 3. The van der Waals surface area contributed by atoms with Gasteiger partial charge in [0, 0.05) is 30.8 Å². The van der Waals surface area contributed by atoms with Crippen molar-refractivity contribution < 1.29 is 19.5 Å². The minimum absolute atomic E-state index is 0.112. The van der Waals surface area contributed by atoms with Crippen molar-refractivity contribution in [1.29, 1.82) is 0 Å². The van der Waals surface area contributed by atoms with Crippen molar-refractivity contribution >= 4 is 33.7 Å². The summed E-state index contributed by atoms with van der Waals surface area (Å²) in [5.74, 6) is -1.43. The van der Waals surface area contributed by atoms with Crippen LogP contribution in [0.5, 0.6) is 0 Å². The summed E-state index contributed by atoms with van der Waals surface area (Å²) in [6.07, 6.45) is -0.345. The Balaban J connectivity index is 2.06. The third-order valence-electron chi connectivity index (χ3n) is 4.00. The van der Waals surface area contributed by atoms with E-state index in [1.807, 2.05) is 24.3 Å². The highest BCUT2D eigenvalue weighted by molar-refractivity contribution is 9.10. The highest BCUT2D eigenvalue weighted by Gasteiger charge is 2.38. The SMILES string of the molecule is CC(=O)N1C[C@H](O)C[C@H]1C(=O)N[C@@H](Cc1ccc(Br)cc1)C(N)=O. The summed E-state index contributed by atoms with van der Waals surface area (Å²) in [6.45, 7) is 1.45. The van der Waals surface area contributed by atoms with Gasteiger partial charge < -0.3 is 21.1 Å². The number of benzene rings is 1. The maximum absolute atomic E-state index is 12.4. The van der Waals surface area contributed by atoms with Crippen LogP contribution in [0.15, 0.2) is 28.7 Å². The standard InChI is InChI=1S/C16H20BrN3O4/c1-9(21)20-8-12(22)7-14(20)16(24)19-13(15(18)23)6-10-2-4-11(17)5-3-10/h2-5,12-14,22H,6-8H2,1H3,(H2,18,23)(H,19,24)/t12-,13+,14+/m1/s1. The molecule has 4 N–H and O–H groups in total. The maximum atomic E-state index is 12.4. The molecule has 0 spiro atoms. The summed E-state index contributed by atoms with van der Waals surface area (Å²) in [5.41, 5.74) is 6.23. The molecule has 1 saturated heterocycles. The van der Waals surface area contributed by atoms with Gasteiger partial charge in [-0.2, -0.15) is 0 Å². The molecule has 3 amide bonds. The summed E-state index contributed by atoms with van der Waals surface area (Å²) >= 11 is 3.33. The minimum atomic E-state index is -0.884. The fourth-order valence-electron chi connectivity index (χ4n) is 2.76. The number of hydrogen-bond donors (Lipinski definition) is 3. The smallest absolute Gasteiger partial charge is 0.243 e. The highest BCUT2D eigenvalue weighted by Crippen LogP contribution is 2.19. The van der Waals surface area contributed by atoms with E-state index in [4.69, 9.17) is 5.73 Å². The molecule has 0 unspecified atom stereocenters. The van der Waals surface area contributed by atoms with Gasteiger partial charge in [0.1, 0.15) is 12.1 Å². The van der Waals surface area contributed by atoms with E-state index in [1.54, 1.807) is 0 Å². The van der Waals surface area contributed by atoms with E-state index in [2.05, 4.69) is 21.2 Å². The molecule has 2 rings (SSSR count). The normalized spacial score (nSPS) is 21.4. The van der Waals surface area contributed by atoms with Gasteiger partial charge in [-0.05, 0) is 17.7 Å². The average Bonchev–Trinajstić information content (AvgIpc) is 2.91. The molecule has 1 heterocycles. The van der Waals surface area contributed by atoms with Crippen LogP contribution in [-0.2, 0) is 20.8 Å². The zero-order valence-corrected chi connectivity index (χ0v) is 14.8. The Bertz CT molecular complexity index is 635. The number of β-amino-alcohol motifs (C(OH)–C–C–N with tert-alkyl or cyclic N) is 1. The van der Waals surface area contributed by atoms with Crippen molar-refractivity contribution in [1.82, 2.24) is 10.2 Å². The number of rotatable bonds is 5. The number of amides is 3. The quantitative estimate of drug-likeness (QED) is 0.645. The number of nitrogens with one attached hydrogen (secondary N) is 1. The Hall–Kier alpha value is -1.93. The van der Waals surface area contributed by atoms with Gasteiger partial charge >= 0.3 is 0 Å². The molecule has 1 aliphatic heterocycles. The minimum Gasteiger partial charge on any atom is -0.391 e. The van der Waals surface area contributed by atoms with Crippen LogP contribution in [-0.4, -0.2) is 52.5 Å². The first-order chi connectivity index (χ1) is 11.3. The first kappa shape index (κ1) is 18.4. The zero-order valence-electron chi connectivity index (χ0n) is 13.2. The predicted molar refractivity (Wildman–Crippen MR) is 90.8 cm³/mol. The number of nitrogens with two attached hydrogens (primary N) is 1. The molecule has 0 aliphatic carbocycles. The summed E-state index contributed by atoms with van der Waals surface area (Å²) in [5, 5.41) is 12.3. The molecule has 1 aliphatic rings. The fraction of sp³-hybridized carbons (Fsp3) is 0.438. The molecular weight excluding hydrogens is 378 g/mol. The van der Waals surface area contributed by atoms with E-state index in [1.165, 1.54) is 11.8 Å². The van der Waals surface area contributed by atoms with E-state index in [0.29, 0.717) is 0 Å². The lowest BCUT2D eigenvalue weighted by Crippen LogP contribution is -2.52. The molecule has 24 heavy (non-hydrogen) atoms. The number of nitrogens with zero attached hydrogens (tertiary/aromatic N) is 1. The van der Waals surface area contributed by atoms with Crippen LogP contribution < -0.4 is 11.1 Å². The third-order valence-corrected chi connectivity index (χ3v) is 4.53. The van der Waals surface area contributed by atoms with Gasteiger partial charge in [0.25, 0.3) is 0 Å². The number of carbonyl (C=O) groups is 3. The molecule has 8 heteroatoms. The lowest BCUT2D eigenvalue weighted by molar-refractivity contribution is -0.138. The van der Waals surface area contributed by atoms with Crippen molar-refractivity contribution in [3.63, 3.8) is 0 Å². The van der Waals surface area contributed by atoms with Gasteiger partial charge in [-0.25, -0.2) is 0 Å². The van der Waals surface area contributed by atoms with Crippen LogP contribution in [0.25, 0.3) is 0 Å². The van der Waals surface area contributed by atoms with Crippen LogP contribution in [0.1, 0.15) is 18.9 Å². The average molecular weight is 398 g/mol. The largest absolute Gasteiger partial charge is 0.391 e. The molecule has 0 radical (unpaired) electrons. The first-order valence-electron chi connectivity index (χ1n) is 7.57. The Kier molecular flexibility index (Phi) is 5.95. The molecule has 130 valence electrons. The Morgan fingerprint density at radius 1 is 1.38 bits per heavy atom. The second-order valence-electron chi connectivity index (χ2n) is 5.87. The fourth-order valence-corrected chi connectivity index (χ4v) is 3.02. The number of halogens is 1. The molecule has 1 aromatic rings. The van der Waals surface area contributed by atoms with Gasteiger partial charge in [0.05, 0.1) is 6.10 Å². The van der Waals surface area contributed by atoms with Gasteiger partial charge in [-0.3, -0.25) is 14.4 Å². The lowest BCUT2D eigenvalue weighted by Gasteiger charge is -2.24. The molecule has 0 saturated carbocycles. The third kappa shape index (κ3) is 4.55. The van der Waals surface area contributed by atoms with Gasteiger partial charge in [-0.15, -0.1) is 0 Å². The van der Waals surface area contributed by atoms with Crippen molar-refractivity contribution in [3.05, 3.63) is 34.3 Å². The van der Waals surface area contributed by atoms with Crippen molar-refractivity contribution in [2.45, 2.75) is 38.0 Å². The maximum Gasteiger partial charge on any atom is 0.243 e. The van der Waals surface area contributed by atoms with E-state index < -0.39 is 30.0 Å². The molecule has 3 atom stereocenters. The second kappa shape index (κ2) is 7.76. The van der Waals surface area contributed by atoms with Crippen molar-refractivity contribution in [2.24, 2.45) is 5.73 Å². The van der Waals surface area contributed by atoms with Crippen LogP contribution >= 0.6 is 15.9 Å². The topological polar surface area (TPSA) is 113 Å². The highest BCUT2D eigenvalue weighted by atomic mass is 79.9. The van der Waals surface area contributed by atoms with Gasteiger partial charge in [0.2, 0.25) is 17.7 Å². The molecule has 7 nitrogen and oxygen atoms in total.